The maximum absolute atomic E-state index is 12.9. The second-order valence-corrected chi connectivity index (χ2v) is 6.54. The lowest BCUT2D eigenvalue weighted by molar-refractivity contribution is -0.384. The van der Waals surface area contributed by atoms with Crippen LogP contribution < -0.4 is 5.32 Å². The first-order valence-electron chi connectivity index (χ1n) is 9.66. The third kappa shape index (κ3) is 5.24. The average molecular weight is 418 g/mol. The highest BCUT2D eigenvalue weighted by Crippen LogP contribution is 2.40. The van der Waals surface area contributed by atoms with Gasteiger partial charge in [-0.25, -0.2) is 9.59 Å². The number of dihydropyridines is 1. The van der Waals surface area contributed by atoms with Crippen LogP contribution in [-0.2, 0) is 23.8 Å². The van der Waals surface area contributed by atoms with Crippen molar-refractivity contribution in [3.05, 3.63) is 62.5 Å². The highest BCUT2D eigenvalue weighted by molar-refractivity contribution is 5.99. The molecule has 0 saturated heterocycles. The number of rotatable bonds is 9. The van der Waals surface area contributed by atoms with E-state index in [4.69, 9.17) is 14.2 Å². The fourth-order valence-electron chi connectivity index (χ4n) is 3.31. The van der Waals surface area contributed by atoms with E-state index in [9.17, 15) is 19.7 Å². The SMILES string of the molecule is CCOCCOC(=O)C1=C(C)NC(C)=C(C(=O)OCC)C1c1cccc([N+](=O)[O-])c1. The van der Waals surface area contributed by atoms with Crippen LogP contribution >= 0.6 is 0 Å². The Morgan fingerprint density at radius 3 is 2.23 bits per heavy atom. The first-order chi connectivity index (χ1) is 14.3. The number of non-ortho nitro benzene ring substituents is 1. The first kappa shape index (κ1) is 23.1. The molecule has 2 rings (SSSR count). The van der Waals surface area contributed by atoms with E-state index in [1.165, 1.54) is 18.2 Å². The molecule has 9 heteroatoms. The fourth-order valence-corrected chi connectivity index (χ4v) is 3.31. The molecule has 0 radical (unpaired) electrons. The van der Waals surface area contributed by atoms with Gasteiger partial charge in [-0.1, -0.05) is 12.1 Å². The van der Waals surface area contributed by atoms with E-state index >= 15 is 0 Å². The number of nitrogens with zero attached hydrogens (tertiary/aromatic N) is 1. The number of hydrogen-bond acceptors (Lipinski definition) is 8. The number of nitro benzene ring substituents is 1. The van der Waals surface area contributed by atoms with Gasteiger partial charge in [0.1, 0.15) is 6.61 Å². The van der Waals surface area contributed by atoms with Gasteiger partial charge in [0, 0.05) is 30.1 Å². The van der Waals surface area contributed by atoms with Crippen molar-refractivity contribution in [3.63, 3.8) is 0 Å². The summed E-state index contributed by atoms with van der Waals surface area (Å²) in [7, 11) is 0. The molecule has 0 bridgehead atoms. The molecule has 1 N–H and O–H groups in total. The molecule has 162 valence electrons. The lowest BCUT2D eigenvalue weighted by Crippen LogP contribution is -2.32. The maximum Gasteiger partial charge on any atom is 0.336 e. The molecule has 1 aliphatic rings. The van der Waals surface area contributed by atoms with Crippen molar-refractivity contribution in [1.29, 1.82) is 0 Å². The zero-order chi connectivity index (χ0) is 22.3. The Labute approximate surface area is 174 Å². The molecule has 1 aliphatic heterocycles. The van der Waals surface area contributed by atoms with E-state index in [2.05, 4.69) is 5.32 Å². The summed E-state index contributed by atoms with van der Waals surface area (Å²) in [5.41, 5.74) is 1.69. The largest absolute Gasteiger partial charge is 0.463 e. The molecule has 0 fully saturated rings. The molecule has 0 amide bonds. The zero-order valence-electron chi connectivity index (χ0n) is 17.5. The predicted molar refractivity (Wildman–Crippen MR) is 108 cm³/mol. The minimum Gasteiger partial charge on any atom is -0.463 e. The molecule has 0 spiro atoms. The Kier molecular flexibility index (Phi) is 8.11. The number of esters is 2. The molecule has 1 aromatic rings. The van der Waals surface area contributed by atoms with Gasteiger partial charge in [-0.05, 0) is 33.3 Å². The molecule has 0 saturated carbocycles. The Bertz CT molecular complexity index is 889. The lowest BCUT2D eigenvalue weighted by atomic mass is 9.80. The maximum atomic E-state index is 12.9. The third-order valence-corrected chi connectivity index (χ3v) is 4.55. The number of carbonyl (C=O) groups is 2. The Balaban J connectivity index is 2.53. The van der Waals surface area contributed by atoms with Crippen LogP contribution in [0.5, 0.6) is 0 Å². The summed E-state index contributed by atoms with van der Waals surface area (Å²) in [6.45, 7) is 7.81. The molecule has 1 heterocycles. The van der Waals surface area contributed by atoms with Gasteiger partial charge in [0.05, 0.1) is 35.2 Å². The van der Waals surface area contributed by atoms with Crippen molar-refractivity contribution in [3.8, 4) is 0 Å². The molecule has 0 aliphatic carbocycles. The van der Waals surface area contributed by atoms with Crippen LogP contribution in [0.25, 0.3) is 0 Å². The third-order valence-electron chi connectivity index (χ3n) is 4.55. The minimum atomic E-state index is -0.871. The summed E-state index contributed by atoms with van der Waals surface area (Å²) < 4.78 is 15.7. The minimum absolute atomic E-state index is 0.0442. The van der Waals surface area contributed by atoms with Gasteiger partial charge in [-0.2, -0.15) is 0 Å². The van der Waals surface area contributed by atoms with Crippen molar-refractivity contribution < 1.29 is 28.7 Å². The van der Waals surface area contributed by atoms with Crippen molar-refractivity contribution in [2.24, 2.45) is 0 Å². The summed E-state index contributed by atoms with van der Waals surface area (Å²) in [5.74, 6) is -2.11. The van der Waals surface area contributed by atoms with Crippen LogP contribution in [0.3, 0.4) is 0 Å². The van der Waals surface area contributed by atoms with Crippen molar-refractivity contribution in [2.75, 3.05) is 26.4 Å². The van der Waals surface area contributed by atoms with Gasteiger partial charge < -0.3 is 19.5 Å². The van der Waals surface area contributed by atoms with Gasteiger partial charge in [0.25, 0.3) is 5.69 Å². The van der Waals surface area contributed by atoms with Gasteiger partial charge in [0.15, 0.2) is 0 Å². The molecule has 9 nitrogen and oxygen atoms in total. The topological polar surface area (TPSA) is 117 Å². The summed E-state index contributed by atoms with van der Waals surface area (Å²) >= 11 is 0. The number of nitrogens with one attached hydrogen (secondary N) is 1. The molecule has 1 aromatic carbocycles. The fraction of sp³-hybridized carbons (Fsp3) is 0.429. The summed E-state index contributed by atoms with van der Waals surface area (Å²) in [5, 5.41) is 14.3. The smallest absolute Gasteiger partial charge is 0.336 e. The molecule has 0 aromatic heterocycles. The Morgan fingerprint density at radius 1 is 1.03 bits per heavy atom. The highest BCUT2D eigenvalue weighted by atomic mass is 16.6. The second kappa shape index (κ2) is 10.5. The highest BCUT2D eigenvalue weighted by Gasteiger charge is 2.38. The molecular formula is C21H26N2O7. The first-order valence-corrected chi connectivity index (χ1v) is 9.66. The van der Waals surface area contributed by atoms with Crippen LogP contribution in [0.2, 0.25) is 0 Å². The lowest BCUT2D eigenvalue weighted by Gasteiger charge is -2.30. The Hall–Kier alpha value is -3.20. The van der Waals surface area contributed by atoms with E-state index < -0.39 is 22.8 Å². The summed E-state index contributed by atoms with van der Waals surface area (Å²) in [6.07, 6.45) is 0. The van der Waals surface area contributed by atoms with E-state index in [0.29, 0.717) is 23.6 Å². The normalized spacial score (nSPS) is 16.2. The standard InChI is InChI=1S/C21H26N2O7/c1-5-28-10-11-30-21(25)18-14(4)22-13(3)17(20(24)29-6-2)19(18)15-8-7-9-16(12-15)23(26)27/h7-9,12,19,22H,5-6,10-11H2,1-4H3. The average Bonchev–Trinajstić information content (AvgIpc) is 2.70. The zero-order valence-corrected chi connectivity index (χ0v) is 17.5. The van der Waals surface area contributed by atoms with E-state index in [-0.39, 0.29) is 36.7 Å². The van der Waals surface area contributed by atoms with Crippen LogP contribution in [0.4, 0.5) is 5.69 Å². The van der Waals surface area contributed by atoms with Gasteiger partial charge >= 0.3 is 11.9 Å². The van der Waals surface area contributed by atoms with Crippen LogP contribution in [-0.4, -0.2) is 43.3 Å². The number of ether oxygens (including phenoxy) is 3. The number of allylic oxidation sites excluding steroid dienone is 2. The van der Waals surface area contributed by atoms with E-state index in [1.807, 2.05) is 6.92 Å². The molecule has 1 unspecified atom stereocenters. The van der Waals surface area contributed by atoms with Gasteiger partial charge in [0.2, 0.25) is 0 Å². The second-order valence-electron chi connectivity index (χ2n) is 6.54. The van der Waals surface area contributed by atoms with Crippen LogP contribution in [0.15, 0.2) is 46.8 Å². The molecular weight excluding hydrogens is 392 g/mol. The summed E-state index contributed by atoms with van der Waals surface area (Å²) in [4.78, 5) is 36.4. The molecule has 30 heavy (non-hydrogen) atoms. The van der Waals surface area contributed by atoms with E-state index in [1.54, 1.807) is 26.8 Å². The van der Waals surface area contributed by atoms with Crippen molar-refractivity contribution in [1.82, 2.24) is 5.32 Å². The summed E-state index contributed by atoms with van der Waals surface area (Å²) in [6, 6.07) is 5.85. The van der Waals surface area contributed by atoms with Crippen molar-refractivity contribution in [2.45, 2.75) is 33.6 Å². The van der Waals surface area contributed by atoms with E-state index in [0.717, 1.165) is 0 Å². The number of carbonyl (C=O) groups excluding carboxylic acids is 2. The number of hydrogen-bond donors (Lipinski definition) is 1. The number of nitro groups is 1. The van der Waals surface area contributed by atoms with Crippen LogP contribution in [0.1, 0.15) is 39.2 Å². The number of benzene rings is 1. The van der Waals surface area contributed by atoms with Gasteiger partial charge in [-0.15, -0.1) is 0 Å². The quantitative estimate of drug-likeness (QED) is 0.281. The molecule has 1 atom stereocenters. The predicted octanol–water partition coefficient (Wildman–Crippen LogP) is 2.97. The van der Waals surface area contributed by atoms with Crippen molar-refractivity contribution >= 4 is 17.6 Å². The monoisotopic (exact) mass is 418 g/mol. The van der Waals surface area contributed by atoms with Crippen LogP contribution in [0, 0.1) is 10.1 Å². The Morgan fingerprint density at radius 2 is 1.67 bits per heavy atom. The van der Waals surface area contributed by atoms with Gasteiger partial charge in [-0.3, -0.25) is 10.1 Å².